The van der Waals surface area contributed by atoms with Gasteiger partial charge in [0.1, 0.15) is 5.60 Å². The fraction of sp³-hybridized carbons (Fsp3) is 0.260. The van der Waals surface area contributed by atoms with Crippen LogP contribution < -0.4 is 20.7 Å². The number of aromatic nitrogens is 1. The van der Waals surface area contributed by atoms with Crippen LogP contribution in [0.15, 0.2) is 164 Å². The van der Waals surface area contributed by atoms with Gasteiger partial charge in [-0.25, -0.2) is 9.78 Å². The second kappa shape index (κ2) is 20.6. The molecule has 1 heterocycles. The number of ether oxygens (including phenoxy) is 2. The van der Waals surface area contributed by atoms with Gasteiger partial charge in [0.15, 0.2) is 6.61 Å². The molecular formula is C50H54N4O4S. The molecule has 0 aliphatic carbocycles. The van der Waals surface area contributed by atoms with Crippen molar-refractivity contribution in [3.05, 3.63) is 186 Å². The van der Waals surface area contributed by atoms with Gasteiger partial charge in [-0.2, -0.15) is 12.6 Å². The van der Waals surface area contributed by atoms with Crippen molar-refractivity contribution in [1.82, 2.24) is 15.6 Å². The molecule has 0 saturated heterocycles. The van der Waals surface area contributed by atoms with E-state index in [0.717, 1.165) is 41.5 Å². The third-order valence-corrected chi connectivity index (χ3v) is 10.5. The summed E-state index contributed by atoms with van der Waals surface area (Å²) in [7, 11) is 0. The van der Waals surface area contributed by atoms with Gasteiger partial charge in [0.25, 0.3) is 5.91 Å². The molecule has 0 fully saturated rings. The topological polar surface area (TPSA) is 102 Å². The predicted molar refractivity (Wildman–Crippen MR) is 241 cm³/mol. The fourth-order valence-electron chi connectivity index (χ4n) is 7.25. The first-order valence-electron chi connectivity index (χ1n) is 20.2. The van der Waals surface area contributed by atoms with Gasteiger partial charge in [-0.3, -0.25) is 4.79 Å². The zero-order valence-electron chi connectivity index (χ0n) is 34.0. The minimum atomic E-state index is -0.732. The molecule has 6 aromatic rings. The molecule has 0 aliphatic heterocycles. The molecule has 6 rings (SSSR count). The van der Waals surface area contributed by atoms with Gasteiger partial charge in [-0.05, 0) is 80.8 Å². The molecule has 0 spiro atoms. The highest BCUT2D eigenvalue weighted by Gasteiger charge is 2.41. The van der Waals surface area contributed by atoms with Crippen molar-refractivity contribution in [1.29, 1.82) is 0 Å². The Bertz CT molecular complexity index is 2110. The van der Waals surface area contributed by atoms with E-state index in [1.54, 1.807) is 0 Å². The number of alkyl carbamates (subject to hydrolysis) is 1. The summed E-state index contributed by atoms with van der Waals surface area (Å²) >= 11 is 5.17. The molecule has 3 N–H and O–H groups in total. The number of nitrogens with zero attached hydrogens (tertiary/aromatic N) is 1. The number of rotatable bonds is 18. The Labute approximate surface area is 354 Å². The maximum absolute atomic E-state index is 13.7. The van der Waals surface area contributed by atoms with Gasteiger partial charge in [0, 0.05) is 17.5 Å². The summed E-state index contributed by atoms with van der Waals surface area (Å²) in [4.78, 5) is 31.7. The summed E-state index contributed by atoms with van der Waals surface area (Å²) < 4.78 is 12.0. The molecule has 2 atom stereocenters. The van der Waals surface area contributed by atoms with E-state index < -0.39 is 28.5 Å². The number of hydrogen-bond donors (Lipinski definition) is 4. The van der Waals surface area contributed by atoms with E-state index in [4.69, 9.17) is 27.1 Å². The smallest absolute Gasteiger partial charge is 0.407 e. The Kier molecular flexibility index (Phi) is 14.8. The van der Waals surface area contributed by atoms with Crippen LogP contribution in [0.3, 0.4) is 0 Å². The van der Waals surface area contributed by atoms with Crippen LogP contribution in [0.2, 0.25) is 0 Å². The monoisotopic (exact) mass is 806 g/mol. The maximum atomic E-state index is 13.7. The lowest BCUT2D eigenvalue weighted by Crippen LogP contribution is -2.50. The van der Waals surface area contributed by atoms with E-state index in [1.165, 1.54) is 5.56 Å². The predicted octanol–water partition coefficient (Wildman–Crippen LogP) is 10.3. The van der Waals surface area contributed by atoms with Crippen LogP contribution in [0.25, 0.3) is 11.3 Å². The molecular weight excluding hydrogens is 753 g/mol. The average Bonchev–Trinajstić information content (AvgIpc) is 3.25. The molecule has 1 aromatic heterocycles. The second-order valence-corrected chi connectivity index (χ2v) is 16.1. The van der Waals surface area contributed by atoms with Crippen LogP contribution >= 0.6 is 12.6 Å². The van der Waals surface area contributed by atoms with Crippen molar-refractivity contribution < 1.29 is 19.1 Å². The van der Waals surface area contributed by atoms with Gasteiger partial charge in [0.2, 0.25) is 5.88 Å². The lowest BCUT2D eigenvalue weighted by molar-refractivity contribution is -0.123. The Morgan fingerprint density at radius 3 is 1.75 bits per heavy atom. The second-order valence-electron chi connectivity index (χ2n) is 15.5. The lowest BCUT2D eigenvalue weighted by atomic mass is 9.66. The third kappa shape index (κ3) is 12.0. The number of amides is 2. The van der Waals surface area contributed by atoms with E-state index in [0.29, 0.717) is 24.3 Å². The van der Waals surface area contributed by atoms with E-state index in [2.05, 4.69) is 64.5 Å². The number of carbonyl (C=O) groups is 2. The molecule has 0 radical (unpaired) electrons. The van der Waals surface area contributed by atoms with Crippen molar-refractivity contribution in [3.63, 3.8) is 0 Å². The molecule has 59 heavy (non-hydrogen) atoms. The van der Waals surface area contributed by atoms with Crippen molar-refractivity contribution in [2.24, 2.45) is 0 Å². The minimum Gasteiger partial charge on any atom is -0.466 e. The van der Waals surface area contributed by atoms with Gasteiger partial charge in [-0.1, -0.05) is 152 Å². The number of unbranched alkanes of at least 4 members (excludes halogenated alkanes) is 1. The van der Waals surface area contributed by atoms with Crippen LogP contribution in [0.4, 0.5) is 10.5 Å². The number of nitrogens with one attached hydrogen (secondary N) is 3. The summed E-state index contributed by atoms with van der Waals surface area (Å²) in [6.07, 6.45) is 2.59. The molecule has 304 valence electrons. The van der Waals surface area contributed by atoms with Gasteiger partial charge in [0.05, 0.1) is 22.8 Å². The maximum Gasteiger partial charge on any atom is 0.407 e. The molecule has 5 aromatic carbocycles. The SMILES string of the molecule is CC(C)(C)OC(=O)NC(CC(c1ccccc1)(c1ccccc1)c1ccccc1)C(S)Nc1ccc(-c2ccccc2)nc1OCC(=O)NCCCCc1ccccc1. The van der Waals surface area contributed by atoms with Crippen LogP contribution in [0.1, 0.15) is 62.3 Å². The van der Waals surface area contributed by atoms with E-state index in [9.17, 15) is 9.59 Å². The normalized spacial score (nSPS) is 12.5. The lowest BCUT2D eigenvalue weighted by Gasteiger charge is -2.40. The molecule has 0 bridgehead atoms. The van der Waals surface area contributed by atoms with E-state index in [-0.39, 0.29) is 18.4 Å². The Morgan fingerprint density at radius 1 is 0.678 bits per heavy atom. The minimum absolute atomic E-state index is 0.228. The summed E-state index contributed by atoms with van der Waals surface area (Å²) in [5.41, 5.74) is 5.09. The first-order valence-corrected chi connectivity index (χ1v) is 20.7. The molecule has 2 amide bonds. The molecule has 2 unspecified atom stereocenters. The van der Waals surface area contributed by atoms with Crippen LogP contribution in [-0.4, -0.2) is 47.2 Å². The van der Waals surface area contributed by atoms with Gasteiger partial charge in [-0.15, -0.1) is 0 Å². The van der Waals surface area contributed by atoms with Gasteiger partial charge >= 0.3 is 6.09 Å². The first-order chi connectivity index (χ1) is 28.6. The van der Waals surface area contributed by atoms with E-state index in [1.807, 2.05) is 136 Å². The number of anilines is 1. The molecule has 8 nitrogen and oxygen atoms in total. The fourth-order valence-corrected chi connectivity index (χ4v) is 7.57. The Morgan fingerprint density at radius 2 is 1.20 bits per heavy atom. The zero-order chi connectivity index (χ0) is 41.5. The van der Waals surface area contributed by atoms with E-state index >= 15 is 0 Å². The first kappa shape index (κ1) is 42.5. The van der Waals surface area contributed by atoms with Gasteiger partial charge < -0.3 is 25.4 Å². The zero-order valence-corrected chi connectivity index (χ0v) is 34.9. The number of benzene rings is 5. The largest absolute Gasteiger partial charge is 0.466 e. The summed E-state index contributed by atoms with van der Waals surface area (Å²) in [5.74, 6) is -0.00563. The number of pyridine rings is 1. The Hall–Kier alpha value is -6.06. The highest BCUT2D eigenvalue weighted by Crippen LogP contribution is 2.44. The van der Waals surface area contributed by atoms with Crippen LogP contribution in [0, 0.1) is 0 Å². The molecule has 9 heteroatoms. The van der Waals surface area contributed by atoms with Crippen molar-refractivity contribution in [2.75, 3.05) is 18.5 Å². The summed E-state index contributed by atoms with van der Waals surface area (Å²) in [6, 6.07) is 54.2. The number of hydrogen-bond acceptors (Lipinski definition) is 7. The Balaban J connectivity index is 1.30. The number of thiol groups is 1. The highest BCUT2D eigenvalue weighted by molar-refractivity contribution is 7.81. The average molecular weight is 807 g/mol. The molecule has 0 saturated carbocycles. The van der Waals surface area contributed by atoms with Crippen molar-refractivity contribution in [3.8, 4) is 17.1 Å². The van der Waals surface area contributed by atoms with Crippen molar-refractivity contribution >= 4 is 30.3 Å². The standard InChI is InChI=1S/C50H54N4O4S/c1-49(2,3)58-48(56)54-44(35-50(39-26-13-6-14-27-39,40-28-15-7-16-29-40)41-30-17-8-18-31-41)47(59)53-43-33-32-42(38-24-11-5-12-25-38)52-46(43)57-36-45(55)51-34-20-19-23-37-21-9-4-10-22-37/h4-18,21-22,24-33,44,47,53,59H,19-20,23,34-36H2,1-3H3,(H,51,55)(H,54,56). The van der Waals surface area contributed by atoms with Crippen LogP contribution in [-0.2, 0) is 21.4 Å². The third-order valence-electron chi connectivity index (χ3n) is 10.0. The van der Waals surface area contributed by atoms with Crippen molar-refractivity contribution in [2.45, 2.75) is 68.9 Å². The molecule has 0 aliphatic rings. The number of aryl methyl sites for hydroxylation is 1. The quantitative estimate of drug-likeness (QED) is 0.0299. The van der Waals surface area contributed by atoms with Crippen LogP contribution in [0.5, 0.6) is 5.88 Å². The number of carbonyl (C=O) groups excluding carboxylic acids is 2. The summed E-state index contributed by atoms with van der Waals surface area (Å²) in [5, 5.41) is 8.99. The highest BCUT2D eigenvalue weighted by atomic mass is 32.1. The summed E-state index contributed by atoms with van der Waals surface area (Å²) in [6.45, 7) is 5.83.